The van der Waals surface area contributed by atoms with Gasteiger partial charge in [-0.15, -0.1) is 0 Å². The van der Waals surface area contributed by atoms with Crippen LogP contribution in [0, 0.1) is 5.92 Å². The van der Waals surface area contributed by atoms with Crippen LogP contribution in [0.5, 0.6) is 5.75 Å². The van der Waals surface area contributed by atoms with Crippen LogP contribution in [0.1, 0.15) is 12.8 Å². The molecule has 0 radical (unpaired) electrons. The summed E-state index contributed by atoms with van der Waals surface area (Å²) in [5, 5.41) is 3.52. The average Bonchev–Trinajstić information content (AvgIpc) is 3.29. The van der Waals surface area contributed by atoms with Gasteiger partial charge in [-0.2, -0.15) is 0 Å². The molecule has 1 amide bonds. The number of halogens is 1. The second-order valence-electron chi connectivity index (χ2n) is 7.06. The molecule has 0 atom stereocenters. The largest absolute Gasteiger partial charge is 0.495 e. The van der Waals surface area contributed by atoms with Crippen molar-refractivity contribution in [2.75, 3.05) is 30.4 Å². The summed E-state index contributed by atoms with van der Waals surface area (Å²) in [6.07, 6.45) is 7.41. The molecule has 0 saturated carbocycles. The third-order valence-electron chi connectivity index (χ3n) is 5.24. The predicted octanol–water partition coefficient (Wildman–Crippen LogP) is 4.39. The second kappa shape index (κ2) is 8.57. The highest BCUT2D eigenvalue weighted by Crippen LogP contribution is 2.29. The lowest BCUT2D eigenvalue weighted by atomic mass is 9.95. The van der Waals surface area contributed by atoms with Crippen molar-refractivity contribution in [3.63, 3.8) is 0 Å². The van der Waals surface area contributed by atoms with E-state index in [0.717, 1.165) is 37.4 Å². The maximum Gasteiger partial charge on any atom is 0.227 e. The number of anilines is 2. The number of rotatable bonds is 5. The lowest BCUT2D eigenvalue weighted by Crippen LogP contribution is -2.38. The molecule has 1 saturated heterocycles. The van der Waals surface area contributed by atoms with E-state index in [1.54, 1.807) is 25.3 Å². The minimum atomic E-state index is -0.0471. The van der Waals surface area contributed by atoms with Crippen molar-refractivity contribution in [3.8, 4) is 11.4 Å². The molecule has 150 valence electrons. The molecule has 1 aliphatic rings. The van der Waals surface area contributed by atoms with Crippen molar-refractivity contribution in [2.45, 2.75) is 12.8 Å². The second-order valence-corrected chi connectivity index (χ2v) is 7.50. The lowest BCUT2D eigenvalue weighted by molar-refractivity contribution is -0.120. The Morgan fingerprint density at radius 2 is 1.93 bits per heavy atom. The van der Waals surface area contributed by atoms with Crippen molar-refractivity contribution >= 4 is 29.0 Å². The predicted molar refractivity (Wildman–Crippen MR) is 115 cm³/mol. The van der Waals surface area contributed by atoms with Gasteiger partial charge in [-0.3, -0.25) is 4.79 Å². The van der Waals surface area contributed by atoms with Crippen LogP contribution < -0.4 is 15.0 Å². The highest BCUT2D eigenvalue weighted by atomic mass is 35.5. The summed E-state index contributed by atoms with van der Waals surface area (Å²) in [6.45, 7) is 1.58. The standard InChI is InChI=1S/C22H23ClN4O2/c1-29-20-6-4-17(23)14-19(20)25-22(28)16-8-12-27(13-9-16)21-7-5-18(15-24-21)26-10-2-3-11-26/h2-7,10-11,14-16H,8-9,12-13H2,1H3,(H,25,28). The number of pyridine rings is 1. The number of hydrogen-bond acceptors (Lipinski definition) is 4. The highest BCUT2D eigenvalue weighted by Gasteiger charge is 2.26. The Labute approximate surface area is 175 Å². The van der Waals surface area contributed by atoms with Gasteiger partial charge in [-0.05, 0) is 55.3 Å². The number of amides is 1. The van der Waals surface area contributed by atoms with Crippen molar-refractivity contribution in [3.05, 3.63) is 66.1 Å². The molecule has 2 aromatic heterocycles. The molecule has 3 heterocycles. The van der Waals surface area contributed by atoms with Gasteiger partial charge in [0.2, 0.25) is 5.91 Å². The van der Waals surface area contributed by atoms with E-state index in [1.807, 2.05) is 41.4 Å². The van der Waals surface area contributed by atoms with Gasteiger partial charge >= 0.3 is 0 Å². The molecule has 0 unspecified atom stereocenters. The van der Waals surface area contributed by atoms with E-state index < -0.39 is 0 Å². The number of nitrogens with zero attached hydrogens (tertiary/aromatic N) is 3. The molecule has 7 heteroatoms. The minimum Gasteiger partial charge on any atom is -0.495 e. The Bertz CT molecular complexity index is 965. The van der Waals surface area contributed by atoms with E-state index >= 15 is 0 Å². The smallest absolute Gasteiger partial charge is 0.227 e. The minimum absolute atomic E-state index is 0.00105. The van der Waals surface area contributed by atoms with E-state index in [0.29, 0.717) is 16.5 Å². The van der Waals surface area contributed by atoms with Crippen LogP contribution in [-0.4, -0.2) is 35.7 Å². The first-order valence-electron chi connectivity index (χ1n) is 9.63. The summed E-state index contributed by atoms with van der Waals surface area (Å²) in [4.78, 5) is 19.5. The van der Waals surface area contributed by atoms with E-state index in [2.05, 4.69) is 21.3 Å². The number of piperidine rings is 1. The van der Waals surface area contributed by atoms with Gasteiger partial charge < -0.3 is 19.5 Å². The Morgan fingerprint density at radius 1 is 1.17 bits per heavy atom. The summed E-state index contributed by atoms with van der Waals surface area (Å²) in [5.74, 6) is 1.50. The zero-order valence-electron chi connectivity index (χ0n) is 16.2. The Balaban J connectivity index is 1.35. The number of carbonyl (C=O) groups is 1. The first-order chi connectivity index (χ1) is 14.1. The van der Waals surface area contributed by atoms with Crippen molar-refractivity contribution < 1.29 is 9.53 Å². The third-order valence-corrected chi connectivity index (χ3v) is 5.48. The van der Waals surface area contributed by atoms with Crippen LogP contribution in [0.3, 0.4) is 0 Å². The monoisotopic (exact) mass is 410 g/mol. The maximum atomic E-state index is 12.7. The summed E-state index contributed by atoms with van der Waals surface area (Å²) in [6, 6.07) is 13.3. The lowest BCUT2D eigenvalue weighted by Gasteiger charge is -2.32. The van der Waals surface area contributed by atoms with Gasteiger partial charge in [-0.25, -0.2) is 4.98 Å². The molecule has 1 fully saturated rings. The molecular weight excluding hydrogens is 388 g/mol. The molecule has 4 rings (SSSR count). The molecule has 0 aliphatic carbocycles. The summed E-state index contributed by atoms with van der Waals surface area (Å²) < 4.78 is 7.33. The fraction of sp³-hybridized carbons (Fsp3) is 0.273. The Morgan fingerprint density at radius 3 is 2.59 bits per heavy atom. The van der Waals surface area contributed by atoms with Gasteiger partial charge in [0, 0.05) is 36.4 Å². The van der Waals surface area contributed by atoms with Crippen LogP contribution >= 0.6 is 11.6 Å². The maximum absolute atomic E-state index is 12.7. The van der Waals surface area contributed by atoms with E-state index in [-0.39, 0.29) is 11.8 Å². The van der Waals surface area contributed by atoms with Gasteiger partial charge in [0.1, 0.15) is 11.6 Å². The zero-order valence-corrected chi connectivity index (χ0v) is 17.0. The summed E-state index contributed by atoms with van der Waals surface area (Å²) >= 11 is 6.05. The van der Waals surface area contributed by atoms with Crippen LogP contribution in [-0.2, 0) is 4.79 Å². The highest BCUT2D eigenvalue weighted by molar-refractivity contribution is 6.31. The number of ether oxygens (including phenoxy) is 1. The van der Waals surface area contributed by atoms with E-state index in [1.165, 1.54) is 0 Å². The van der Waals surface area contributed by atoms with Gasteiger partial charge in [0.15, 0.2) is 0 Å². The van der Waals surface area contributed by atoms with Crippen LogP contribution in [0.25, 0.3) is 5.69 Å². The number of hydrogen-bond donors (Lipinski definition) is 1. The van der Waals surface area contributed by atoms with Crippen LogP contribution in [0.15, 0.2) is 61.1 Å². The Kier molecular flexibility index (Phi) is 5.71. The van der Waals surface area contributed by atoms with E-state index in [4.69, 9.17) is 16.3 Å². The fourth-order valence-electron chi connectivity index (χ4n) is 3.61. The van der Waals surface area contributed by atoms with Gasteiger partial charge in [0.05, 0.1) is 24.7 Å². The first kappa shape index (κ1) is 19.3. The number of nitrogens with one attached hydrogen (secondary N) is 1. The quantitative estimate of drug-likeness (QED) is 0.677. The molecule has 6 nitrogen and oxygen atoms in total. The van der Waals surface area contributed by atoms with Gasteiger partial charge in [-0.1, -0.05) is 11.6 Å². The fourth-order valence-corrected chi connectivity index (χ4v) is 3.78. The average molecular weight is 411 g/mol. The van der Waals surface area contributed by atoms with E-state index in [9.17, 15) is 4.79 Å². The molecular formula is C22H23ClN4O2. The topological polar surface area (TPSA) is 59.4 Å². The third kappa shape index (κ3) is 4.38. The summed E-state index contributed by atoms with van der Waals surface area (Å²) in [7, 11) is 1.58. The number of benzene rings is 1. The summed E-state index contributed by atoms with van der Waals surface area (Å²) in [5.41, 5.74) is 1.64. The number of methoxy groups -OCH3 is 1. The SMILES string of the molecule is COc1ccc(Cl)cc1NC(=O)C1CCN(c2ccc(-n3cccc3)cn2)CC1. The molecule has 0 bridgehead atoms. The normalized spacial score (nSPS) is 14.6. The molecule has 1 aromatic carbocycles. The van der Waals surface area contributed by atoms with Crippen LogP contribution in [0.2, 0.25) is 5.02 Å². The molecule has 1 N–H and O–H groups in total. The van der Waals surface area contributed by atoms with Crippen molar-refractivity contribution in [2.24, 2.45) is 5.92 Å². The molecule has 1 aliphatic heterocycles. The van der Waals surface area contributed by atoms with Gasteiger partial charge in [0.25, 0.3) is 0 Å². The number of aromatic nitrogens is 2. The molecule has 3 aromatic rings. The van der Waals surface area contributed by atoms with Crippen molar-refractivity contribution in [1.82, 2.24) is 9.55 Å². The molecule has 29 heavy (non-hydrogen) atoms. The molecule has 0 spiro atoms. The van der Waals surface area contributed by atoms with Crippen molar-refractivity contribution in [1.29, 1.82) is 0 Å². The zero-order chi connectivity index (χ0) is 20.2. The number of carbonyl (C=O) groups excluding carboxylic acids is 1. The Hall–Kier alpha value is -2.99. The van der Waals surface area contributed by atoms with Crippen LogP contribution in [0.4, 0.5) is 11.5 Å². The first-order valence-corrected chi connectivity index (χ1v) is 10.0.